The molecule has 0 aromatic heterocycles. The molecule has 154 valence electrons. The molecule has 0 amide bonds. The third-order valence-corrected chi connectivity index (χ3v) is 5.47. The molecule has 0 fully saturated rings. The van der Waals surface area contributed by atoms with Crippen molar-refractivity contribution >= 4 is 23.5 Å². The first-order chi connectivity index (χ1) is 13.9. The van der Waals surface area contributed by atoms with Crippen LogP contribution < -0.4 is 10.1 Å². The van der Waals surface area contributed by atoms with Gasteiger partial charge in [0, 0.05) is 23.0 Å². The first kappa shape index (κ1) is 21.1. The lowest BCUT2D eigenvalue weighted by Gasteiger charge is -2.25. The summed E-state index contributed by atoms with van der Waals surface area (Å²) in [5.41, 5.74) is 2.36. The fraction of sp³-hybridized carbons (Fsp3) is 0.333. The van der Waals surface area contributed by atoms with E-state index in [1.807, 2.05) is 0 Å². The van der Waals surface area contributed by atoms with E-state index in [4.69, 9.17) is 21.4 Å². The Morgan fingerprint density at radius 1 is 1.21 bits per heavy atom. The molecule has 0 saturated carbocycles. The van der Waals surface area contributed by atoms with Gasteiger partial charge >= 0.3 is 11.9 Å². The third kappa shape index (κ3) is 5.05. The van der Waals surface area contributed by atoms with E-state index in [-0.39, 0.29) is 12.4 Å². The molecule has 1 heterocycles. The summed E-state index contributed by atoms with van der Waals surface area (Å²) in [6.45, 7) is 1.10. The Balaban J connectivity index is 1.94. The van der Waals surface area contributed by atoms with Crippen LogP contribution in [0.15, 0.2) is 36.4 Å². The van der Waals surface area contributed by atoms with Crippen LogP contribution in [0.25, 0.3) is 0 Å². The molecule has 0 bridgehead atoms. The van der Waals surface area contributed by atoms with Crippen molar-refractivity contribution < 1.29 is 28.9 Å². The highest BCUT2D eigenvalue weighted by Gasteiger charge is 2.34. The predicted molar refractivity (Wildman–Crippen MR) is 105 cm³/mol. The fourth-order valence-electron chi connectivity index (χ4n) is 3.70. The van der Waals surface area contributed by atoms with Gasteiger partial charge in [-0.25, -0.2) is 4.39 Å². The molecule has 2 aromatic carbocycles. The van der Waals surface area contributed by atoms with E-state index in [1.165, 1.54) is 24.3 Å². The molecule has 3 rings (SSSR count). The van der Waals surface area contributed by atoms with Crippen LogP contribution >= 0.6 is 11.6 Å². The Labute approximate surface area is 172 Å². The van der Waals surface area contributed by atoms with Gasteiger partial charge in [0.25, 0.3) is 0 Å². The number of carbonyl (C=O) groups is 2. The maximum absolute atomic E-state index is 13.1. The quantitative estimate of drug-likeness (QED) is 0.633. The fourth-order valence-corrected chi connectivity index (χ4v) is 3.93. The summed E-state index contributed by atoms with van der Waals surface area (Å²) in [7, 11) is 0. The van der Waals surface area contributed by atoms with Crippen molar-refractivity contribution in [3.05, 3.63) is 63.9 Å². The van der Waals surface area contributed by atoms with Crippen LogP contribution in [-0.4, -0.2) is 35.2 Å². The molecule has 6 nitrogen and oxygen atoms in total. The Bertz CT molecular complexity index is 903. The van der Waals surface area contributed by atoms with E-state index < -0.39 is 30.2 Å². The number of ether oxygens (including phenoxy) is 1. The van der Waals surface area contributed by atoms with Crippen molar-refractivity contribution in [1.82, 2.24) is 5.32 Å². The zero-order valence-electron chi connectivity index (χ0n) is 15.5. The molecule has 2 unspecified atom stereocenters. The molecule has 0 saturated heterocycles. The summed E-state index contributed by atoms with van der Waals surface area (Å²) in [4.78, 5) is 23.0. The van der Waals surface area contributed by atoms with E-state index >= 15 is 0 Å². The van der Waals surface area contributed by atoms with E-state index in [0.717, 1.165) is 16.7 Å². The minimum atomic E-state index is -1.16. The normalized spacial score (nSPS) is 17.1. The van der Waals surface area contributed by atoms with Crippen LogP contribution in [0.5, 0.6) is 5.75 Å². The number of carboxylic acid groups (broad SMARTS) is 2. The summed E-state index contributed by atoms with van der Waals surface area (Å²) in [6.07, 6.45) is 0.138. The average molecular weight is 422 g/mol. The molecule has 1 aliphatic rings. The highest BCUT2D eigenvalue weighted by atomic mass is 35.5. The number of aliphatic carboxylic acids is 2. The Morgan fingerprint density at radius 2 is 1.93 bits per heavy atom. The van der Waals surface area contributed by atoms with E-state index in [1.54, 1.807) is 12.1 Å². The number of carboxylic acids is 2. The van der Waals surface area contributed by atoms with Gasteiger partial charge in [0.1, 0.15) is 18.2 Å². The zero-order valence-corrected chi connectivity index (χ0v) is 16.3. The number of hydrogen-bond acceptors (Lipinski definition) is 4. The first-order valence-electron chi connectivity index (χ1n) is 9.20. The molecular formula is C21H21ClFNO5. The third-order valence-electron chi connectivity index (χ3n) is 5.12. The summed E-state index contributed by atoms with van der Waals surface area (Å²) in [5, 5.41) is 22.5. The van der Waals surface area contributed by atoms with E-state index in [0.29, 0.717) is 30.3 Å². The molecule has 2 aromatic rings. The molecule has 0 radical (unpaired) electrons. The SMILES string of the molecule is O=C(O)CC(C(=O)O)C1CNCCc2c1ccc(Cl)c2COc1ccc(F)cc1. The molecular weight excluding hydrogens is 401 g/mol. The second kappa shape index (κ2) is 9.24. The highest BCUT2D eigenvalue weighted by molar-refractivity contribution is 6.31. The van der Waals surface area contributed by atoms with Gasteiger partial charge in [0.2, 0.25) is 0 Å². The van der Waals surface area contributed by atoms with Crippen LogP contribution in [0.3, 0.4) is 0 Å². The lowest BCUT2D eigenvalue weighted by atomic mass is 9.80. The Morgan fingerprint density at radius 3 is 2.59 bits per heavy atom. The van der Waals surface area contributed by atoms with Crippen LogP contribution in [0.4, 0.5) is 4.39 Å². The number of fused-ring (bicyclic) bond motifs is 1. The van der Waals surface area contributed by atoms with Crippen LogP contribution in [-0.2, 0) is 22.6 Å². The van der Waals surface area contributed by atoms with Crippen molar-refractivity contribution in [2.24, 2.45) is 5.92 Å². The van der Waals surface area contributed by atoms with Crippen molar-refractivity contribution in [3.63, 3.8) is 0 Å². The summed E-state index contributed by atoms with van der Waals surface area (Å²) in [6, 6.07) is 9.08. The average Bonchev–Trinajstić information content (AvgIpc) is 2.89. The van der Waals surface area contributed by atoms with Crippen molar-refractivity contribution in [2.45, 2.75) is 25.4 Å². The second-order valence-electron chi connectivity index (χ2n) is 6.94. The summed E-state index contributed by atoms with van der Waals surface area (Å²) in [5.74, 6) is -3.76. The van der Waals surface area contributed by atoms with E-state index in [2.05, 4.69) is 5.32 Å². The van der Waals surface area contributed by atoms with Gasteiger partial charge in [-0.15, -0.1) is 0 Å². The highest BCUT2D eigenvalue weighted by Crippen LogP contribution is 2.36. The molecule has 2 atom stereocenters. The maximum atomic E-state index is 13.1. The molecule has 8 heteroatoms. The van der Waals surface area contributed by atoms with Crippen LogP contribution in [0, 0.1) is 11.7 Å². The summed E-state index contributed by atoms with van der Waals surface area (Å²) >= 11 is 6.41. The molecule has 1 aliphatic heterocycles. The monoisotopic (exact) mass is 421 g/mol. The number of rotatable bonds is 7. The Hall–Kier alpha value is -2.64. The van der Waals surface area contributed by atoms with Gasteiger partial charge in [0.05, 0.1) is 12.3 Å². The molecule has 0 spiro atoms. The number of halogens is 2. The smallest absolute Gasteiger partial charge is 0.307 e. The van der Waals surface area contributed by atoms with Crippen molar-refractivity contribution in [2.75, 3.05) is 13.1 Å². The Kier molecular flexibility index (Phi) is 6.71. The van der Waals surface area contributed by atoms with Crippen molar-refractivity contribution in [3.8, 4) is 5.75 Å². The van der Waals surface area contributed by atoms with Crippen LogP contribution in [0.1, 0.15) is 29.0 Å². The number of nitrogens with one attached hydrogen (secondary N) is 1. The molecule has 0 aliphatic carbocycles. The molecule has 29 heavy (non-hydrogen) atoms. The largest absolute Gasteiger partial charge is 0.489 e. The predicted octanol–water partition coefficient (Wildman–Crippen LogP) is 3.46. The minimum Gasteiger partial charge on any atom is -0.489 e. The van der Waals surface area contributed by atoms with Gasteiger partial charge in [-0.1, -0.05) is 17.7 Å². The molecule has 3 N–H and O–H groups in total. The topological polar surface area (TPSA) is 95.9 Å². The maximum Gasteiger partial charge on any atom is 0.307 e. The van der Waals surface area contributed by atoms with E-state index in [9.17, 15) is 19.1 Å². The van der Waals surface area contributed by atoms with Gasteiger partial charge in [0.15, 0.2) is 0 Å². The second-order valence-corrected chi connectivity index (χ2v) is 7.35. The lowest BCUT2D eigenvalue weighted by molar-refractivity contribution is -0.149. The minimum absolute atomic E-state index is 0.136. The zero-order chi connectivity index (χ0) is 21.0. The number of hydrogen-bond donors (Lipinski definition) is 3. The van der Waals surface area contributed by atoms with Gasteiger partial charge in [-0.05, 0) is 54.4 Å². The van der Waals surface area contributed by atoms with Gasteiger partial charge < -0.3 is 20.3 Å². The van der Waals surface area contributed by atoms with Gasteiger partial charge in [-0.2, -0.15) is 0 Å². The first-order valence-corrected chi connectivity index (χ1v) is 9.58. The number of benzene rings is 2. The van der Waals surface area contributed by atoms with Gasteiger partial charge in [-0.3, -0.25) is 9.59 Å². The summed E-state index contributed by atoms with van der Waals surface area (Å²) < 4.78 is 18.8. The van der Waals surface area contributed by atoms with Crippen LogP contribution in [0.2, 0.25) is 5.02 Å². The lowest BCUT2D eigenvalue weighted by Crippen LogP contribution is -2.31. The van der Waals surface area contributed by atoms with Crippen molar-refractivity contribution in [1.29, 1.82) is 0 Å². The standard InChI is InChI=1S/C21H21ClFNO5/c22-19-6-5-14-15(18(19)11-29-13-3-1-12(23)2-4-13)7-8-24-10-17(14)16(21(27)28)9-20(25)26/h1-6,16-17,24H,7-11H2,(H,25,26)(H,27,28).